The number of carbonyl (C=O) groups excluding carboxylic acids is 1. The molecule has 1 amide bonds. The van der Waals surface area contributed by atoms with Crippen LogP contribution in [-0.2, 0) is 11.3 Å². The van der Waals surface area contributed by atoms with E-state index in [0.29, 0.717) is 43.8 Å². The Morgan fingerprint density at radius 3 is 2.59 bits per heavy atom. The van der Waals surface area contributed by atoms with Crippen LogP contribution in [0.25, 0.3) is 0 Å². The Balaban J connectivity index is 2.24. The predicted molar refractivity (Wildman–Crippen MR) is 109 cm³/mol. The maximum atomic E-state index is 11.0. The molecule has 0 aliphatic carbocycles. The molecule has 0 bridgehead atoms. The van der Waals surface area contributed by atoms with E-state index in [9.17, 15) is 4.79 Å². The third-order valence-electron chi connectivity index (χ3n) is 3.31. The van der Waals surface area contributed by atoms with Gasteiger partial charge in [-0.1, -0.05) is 29.3 Å². The standard InChI is InChI=1S/C18H17BrCl2N2O4/c1-3-26-16-8-11(9-22-23-18(24)25-2)7-13(19)17(16)27-10-12-14(20)5-4-6-15(12)21/h4-9H,3,10H2,1-2H3,(H,23,24)/b22-9-. The molecule has 0 saturated carbocycles. The fourth-order valence-electron chi connectivity index (χ4n) is 2.09. The van der Waals surface area contributed by atoms with E-state index in [1.807, 2.05) is 6.92 Å². The fourth-order valence-corrected chi connectivity index (χ4v) is 3.17. The second kappa shape index (κ2) is 10.4. The van der Waals surface area contributed by atoms with Crippen LogP contribution in [0.2, 0.25) is 10.0 Å². The summed E-state index contributed by atoms with van der Waals surface area (Å²) in [5, 5.41) is 4.84. The molecule has 0 spiro atoms. The first-order valence-corrected chi connectivity index (χ1v) is 9.40. The van der Waals surface area contributed by atoms with Crippen molar-refractivity contribution in [3.05, 3.63) is 56.0 Å². The molecule has 2 aromatic rings. The lowest BCUT2D eigenvalue weighted by Crippen LogP contribution is -2.16. The minimum absolute atomic E-state index is 0.175. The Morgan fingerprint density at radius 1 is 1.26 bits per heavy atom. The van der Waals surface area contributed by atoms with Crippen LogP contribution in [0.4, 0.5) is 4.79 Å². The van der Waals surface area contributed by atoms with Gasteiger partial charge >= 0.3 is 6.09 Å². The number of rotatable bonds is 7. The lowest BCUT2D eigenvalue weighted by atomic mass is 10.2. The van der Waals surface area contributed by atoms with Crippen LogP contribution in [0, 0.1) is 0 Å². The molecule has 0 unspecified atom stereocenters. The number of nitrogens with one attached hydrogen (secondary N) is 1. The third-order valence-corrected chi connectivity index (χ3v) is 4.61. The van der Waals surface area contributed by atoms with Gasteiger partial charge in [0.25, 0.3) is 0 Å². The largest absolute Gasteiger partial charge is 0.490 e. The fraction of sp³-hybridized carbons (Fsp3) is 0.222. The molecular formula is C18H17BrCl2N2O4. The highest BCUT2D eigenvalue weighted by atomic mass is 79.9. The van der Waals surface area contributed by atoms with Crippen LogP contribution in [0.1, 0.15) is 18.1 Å². The van der Waals surface area contributed by atoms with Crippen molar-refractivity contribution in [2.75, 3.05) is 13.7 Å². The van der Waals surface area contributed by atoms with Crippen molar-refractivity contribution in [2.45, 2.75) is 13.5 Å². The van der Waals surface area contributed by atoms with Gasteiger partial charge < -0.3 is 14.2 Å². The van der Waals surface area contributed by atoms with Gasteiger partial charge in [-0.2, -0.15) is 5.10 Å². The van der Waals surface area contributed by atoms with Gasteiger partial charge in [0.2, 0.25) is 0 Å². The summed E-state index contributed by atoms with van der Waals surface area (Å²) >= 11 is 15.8. The number of hydrazone groups is 1. The minimum Gasteiger partial charge on any atom is -0.490 e. The highest BCUT2D eigenvalue weighted by molar-refractivity contribution is 9.10. The number of ether oxygens (including phenoxy) is 3. The van der Waals surface area contributed by atoms with E-state index in [0.717, 1.165) is 0 Å². The lowest BCUT2D eigenvalue weighted by Gasteiger charge is -2.15. The van der Waals surface area contributed by atoms with Gasteiger partial charge in [-0.15, -0.1) is 0 Å². The molecule has 2 rings (SSSR count). The summed E-state index contributed by atoms with van der Waals surface area (Å²) in [4.78, 5) is 11.0. The molecule has 0 heterocycles. The highest BCUT2D eigenvalue weighted by Crippen LogP contribution is 2.38. The van der Waals surface area contributed by atoms with Crippen LogP contribution >= 0.6 is 39.1 Å². The molecule has 1 N–H and O–H groups in total. The predicted octanol–water partition coefficient (Wildman–Crippen LogP) is 5.42. The van der Waals surface area contributed by atoms with Crippen molar-refractivity contribution >= 4 is 51.4 Å². The first-order chi connectivity index (χ1) is 13.0. The van der Waals surface area contributed by atoms with Gasteiger partial charge in [-0.25, -0.2) is 10.2 Å². The second-order valence-electron chi connectivity index (χ2n) is 5.11. The van der Waals surface area contributed by atoms with E-state index in [1.54, 1.807) is 30.3 Å². The van der Waals surface area contributed by atoms with Crippen molar-refractivity contribution in [3.63, 3.8) is 0 Å². The summed E-state index contributed by atoms with van der Waals surface area (Å²) < 4.78 is 16.7. The first kappa shape index (κ1) is 21.3. The molecular weight excluding hydrogens is 459 g/mol. The summed E-state index contributed by atoms with van der Waals surface area (Å²) in [5.41, 5.74) is 3.59. The number of nitrogens with zero attached hydrogens (tertiary/aromatic N) is 1. The molecule has 0 atom stereocenters. The SMILES string of the molecule is CCOc1cc(/C=N\NC(=O)OC)cc(Br)c1OCc1c(Cl)cccc1Cl. The van der Waals surface area contributed by atoms with Crippen LogP contribution in [0.15, 0.2) is 39.9 Å². The van der Waals surface area contributed by atoms with Crippen molar-refractivity contribution in [1.82, 2.24) is 5.43 Å². The summed E-state index contributed by atoms with van der Waals surface area (Å²) in [5.74, 6) is 1.01. The van der Waals surface area contributed by atoms with Gasteiger partial charge in [0.1, 0.15) is 6.61 Å². The maximum absolute atomic E-state index is 11.0. The maximum Gasteiger partial charge on any atom is 0.427 e. The third kappa shape index (κ3) is 6.02. The van der Waals surface area contributed by atoms with Gasteiger partial charge in [-0.05, 0) is 52.7 Å². The lowest BCUT2D eigenvalue weighted by molar-refractivity contribution is 0.171. The Hall–Kier alpha value is -1.96. The number of hydrogen-bond donors (Lipinski definition) is 1. The van der Waals surface area contributed by atoms with Crippen molar-refractivity contribution in [1.29, 1.82) is 0 Å². The van der Waals surface area contributed by atoms with E-state index in [1.165, 1.54) is 13.3 Å². The molecule has 0 fully saturated rings. The molecule has 9 heteroatoms. The Labute approximate surface area is 175 Å². The first-order valence-electron chi connectivity index (χ1n) is 7.85. The normalized spacial score (nSPS) is 10.7. The smallest absolute Gasteiger partial charge is 0.427 e. The van der Waals surface area contributed by atoms with Crippen LogP contribution in [0.5, 0.6) is 11.5 Å². The highest BCUT2D eigenvalue weighted by Gasteiger charge is 2.14. The molecule has 0 aliphatic rings. The molecule has 27 heavy (non-hydrogen) atoms. The van der Waals surface area contributed by atoms with Gasteiger partial charge in [0.05, 0.1) is 24.4 Å². The Kier molecular flexibility index (Phi) is 8.22. The Bertz CT molecular complexity index is 826. The van der Waals surface area contributed by atoms with E-state index in [2.05, 4.69) is 31.2 Å². The van der Waals surface area contributed by atoms with Crippen molar-refractivity contribution in [2.24, 2.45) is 5.10 Å². The monoisotopic (exact) mass is 474 g/mol. The van der Waals surface area contributed by atoms with Crippen molar-refractivity contribution in [3.8, 4) is 11.5 Å². The molecule has 2 aromatic carbocycles. The quantitative estimate of drug-likeness (QED) is 0.428. The van der Waals surface area contributed by atoms with Crippen molar-refractivity contribution < 1.29 is 19.0 Å². The number of methoxy groups -OCH3 is 1. The number of hydrogen-bond acceptors (Lipinski definition) is 5. The summed E-state index contributed by atoms with van der Waals surface area (Å²) in [6.07, 6.45) is 0.797. The number of benzene rings is 2. The molecule has 0 radical (unpaired) electrons. The van der Waals surface area contributed by atoms with Crippen LogP contribution in [-0.4, -0.2) is 26.0 Å². The second-order valence-corrected chi connectivity index (χ2v) is 6.78. The Morgan fingerprint density at radius 2 is 1.96 bits per heavy atom. The zero-order chi connectivity index (χ0) is 19.8. The zero-order valence-corrected chi connectivity index (χ0v) is 17.7. The van der Waals surface area contributed by atoms with E-state index in [4.69, 9.17) is 32.7 Å². The minimum atomic E-state index is -0.660. The topological polar surface area (TPSA) is 69.2 Å². The number of carbonyl (C=O) groups is 1. The van der Waals surface area contributed by atoms with E-state index >= 15 is 0 Å². The van der Waals surface area contributed by atoms with E-state index < -0.39 is 6.09 Å². The zero-order valence-electron chi connectivity index (χ0n) is 14.6. The molecule has 144 valence electrons. The number of halogens is 3. The van der Waals surface area contributed by atoms with Gasteiger partial charge in [0, 0.05) is 15.6 Å². The average Bonchev–Trinajstić information content (AvgIpc) is 2.63. The van der Waals surface area contributed by atoms with Gasteiger partial charge in [-0.3, -0.25) is 0 Å². The molecule has 6 nitrogen and oxygen atoms in total. The summed E-state index contributed by atoms with van der Waals surface area (Å²) in [6.45, 7) is 2.48. The van der Waals surface area contributed by atoms with Gasteiger partial charge in [0.15, 0.2) is 11.5 Å². The summed E-state index contributed by atoms with van der Waals surface area (Å²) in [6, 6.07) is 8.78. The molecule has 0 aromatic heterocycles. The van der Waals surface area contributed by atoms with Crippen LogP contribution in [0.3, 0.4) is 0 Å². The molecule has 0 aliphatic heterocycles. The number of amides is 1. The average molecular weight is 476 g/mol. The van der Waals surface area contributed by atoms with Crippen LogP contribution < -0.4 is 14.9 Å². The van der Waals surface area contributed by atoms with E-state index in [-0.39, 0.29) is 6.61 Å². The molecule has 0 saturated heterocycles. The summed E-state index contributed by atoms with van der Waals surface area (Å²) in [7, 11) is 1.26.